The number of carbonyl (C=O) groups is 2. The number of carbonyl (C=O) groups excluding carboxylic acids is 2. The Morgan fingerprint density at radius 1 is 0.644 bits per heavy atom. The van der Waals surface area contributed by atoms with Crippen LogP contribution in [0.4, 0.5) is 16.4 Å². The van der Waals surface area contributed by atoms with Crippen LogP contribution in [0.3, 0.4) is 0 Å². The van der Waals surface area contributed by atoms with Crippen LogP contribution in [0, 0.1) is 0 Å². The highest BCUT2D eigenvalue weighted by molar-refractivity contribution is 7.80. The van der Waals surface area contributed by atoms with Crippen LogP contribution in [0.1, 0.15) is 67.3 Å². The van der Waals surface area contributed by atoms with Gasteiger partial charge in [0.2, 0.25) is 31.5 Å². The summed E-state index contributed by atoms with van der Waals surface area (Å²) in [6.07, 6.45) is 0.297. The molecule has 2 heterocycles. The summed E-state index contributed by atoms with van der Waals surface area (Å²) in [7, 11) is 2.55. The first-order valence-electron chi connectivity index (χ1n) is 20.8. The first-order valence-corrected chi connectivity index (χ1v) is 26.7. The zero-order valence-electron chi connectivity index (χ0n) is 39.4. The van der Waals surface area contributed by atoms with E-state index in [4.69, 9.17) is 158 Å². The Kier molecular flexibility index (Phi) is 27.5. The van der Waals surface area contributed by atoms with Crippen LogP contribution in [-0.4, -0.2) is 133 Å². The number of rotatable bonds is 19. The van der Waals surface area contributed by atoms with E-state index >= 15 is 0 Å². The summed E-state index contributed by atoms with van der Waals surface area (Å²) in [6, 6.07) is 12.5. The molecule has 2 aromatic carbocycles. The molecule has 0 aliphatic carbocycles. The number of nitrogens with one attached hydrogen (secondary N) is 3. The van der Waals surface area contributed by atoms with Crippen molar-refractivity contribution in [1.82, 2.24) is 35.2 Å². The Labute approximate surface area is 482 Å². The predicted octanol–water partition coefficient (Wildman–Crippen LogP) is 10.8. The van der Waals surface area contributed by atoms with Gasteiger partial charge in [-0.15, -0.1) is 0 Å². The van der Waals surface area contributed by atoms with Crippen molar-refractivity contribution in [2.24, 2.45) is 0 Å². The van der Waals surface area contributed by atoms with Crippen LogP contribution in [0.25, 0.3) is 11.4 Å². The third kappa shape index (κ3) is 25.9. The van der Waals surface area contributed by atoms with Crippen molar-refractivity contribution in [2.75, 3.05) is 78.3 Å². The van der Waals surface area contributed by atoms with Gasteiger partial charge < -0.3 is 43.9 Å². The Balaban J connectivity index is 0.000000557. The highest BCUT2D eigenvalue weighted by Crippen LogP contribution is 2.42. The summed E-state index contributed by atoms with van der Waals surface area (Å²) < 4.78 is 46.5. The zero-order valence-corrected chi connectivity index (χ0v) is 49.3. The van der Waals surface area contributed by atoms with Crippen molar-refractivity contribution < 1.29 is 50.2 Å². The molecule has 20 nitrogen and oxygen atoms in total. The van der Waals surface area contributed by atoms with Crippen molar-refractivity contribution in [1.29, 1.82) is 0 Å². The van der Waals surface area contributed by atoms with Crippen molar-refractivity contribution in [3.8, 4) is 17.1 Å². The van der Waals surface area contributed by atoms with E-state index in [9.17, 15) is 22.6 Å². The van der Waals surface area contributed by atoms with Crippen molar-refractivity contribution >= 4 is 173 Å². The summed E-state index contributed by atoms with van der Waals surface area (Å²) in [5.41, 5.74) is 1.27. The lowest BCUT2D eigenvalue weighted by atomic mass is 10.1. The smallest absolute Gasteiger partial charge is 0.412 e. The number of ether oxygens (including phenoxy) is 4. The number of halogens is 12. The van der Waals surface area contributed by atoms with Gasteiger partial charge in [0.25, 0.3) is 11.9 Å². The van der Waals surface area contributed by atoms with Crippen molar-refractivity contribution in [3.63, 3.8) is 0 Å². The van der Waals surface area contributed by atoms with Crippen LogP contribution in [0.2, 0.25) is 0 Å². The maximum atomic E-state index is 12.8. The molecule has 2 aromatic heterocycles. The molecule has 33 heteroatoms. The maximum absolute atomic E-state index is 12.8. The summed E-state index contributed by atoms with van der Waals surface area (Å²) in [5.74, 6) is -1.71. The molecule has 2 amide bonds. The number of anilines is 2. The van der Waals surface area contributed by atoms with E-state index in [1.165, 1.54) is 24.3 Å². The van der Waals surface area contributed by atoms with Crippen LogP contribution in [0.5, 0.6) is 5.75 Å². The molecular weight excluding hydrogens is 1240 g/mol. The predicted molar refractivity (Wildman–Crippen MR) is 285 cm³/mol. The number of amides is 2. The monoisotopic (exact) mass is 1280 g/mol. The Bertz CT molecular complexity index is 2420. The van der Waals surface area contributed by atoms with Gasteiger partial charge in [-0.25, -0.2) is 33.1 Å². The van der Waals surface area contributed by atoms with E-state index in [0.29, 0.717) is 62.6 Å². The first-order chi connectivity index (χ1) is 33.5. The fourth-order valence-corrected chi connectivity index (χ4v) is 6.20. The van der Waals surface area contributed by atoms with E-state index < -0.39 is 43.5 Å². The summed E-state index contributed by atoms with van der Waals surface area (Å²) in [5, 5.41) is 8.45. The molecule has 408 valence electrons. The molecule has 0 atom stereocenters. The lowest BCUT2D eigenvalue weighted by molar-refractivity contribution is -0.868. The van der Waals surface area contributed by atoms with Crippen LogP contribution in [-0.2, 0) is 44.0 Å². The van der Waals surface area contributed by atoms with Gasteiger partial charge in [0.05, 0.1) is 41.3 Å². The molecule has 4 rings (SSSR count). The highest BCUT2D eigenvalue weighted by Gasteiger charge is 2.36. The largest absolute Gasteiger partial charge is 0.726 e. The second kappa shape index (κ2) is 29.8. The van der Waals surface area contributed by atoms with E-state index in [0.717, 1.165) is 18.1 Å². The third-order valence-corrected chi connectivity index (χ3v) is 10.7. The number of hydrogen-bond acceptors (Lipinski definition) is 17. The first kappa shape index (κ1) is 67.3. The number of hydrogen-bond donors (Lipinski definition) is 3. The Morgan fingerprint density at radius 2 is 1.07 bits per heavy atom. The van der Waals surface area contributed by atoms with Gasteiger partial charge in [0.1, 0.15) is 5.75 Å². The van der Waals surface area contributed by atoms with E-state index in [-0.39, 0.29) is 40.8 Å². The average molecular weight is 1290 g/mol. The summed E-state index contributed by atoms with van der Waals surface area (Å²) in [4.78, 5) is 49.3. The molecule has 3 N–H and O–H groups in total. The zero-order chi connectivity index (χ0) is 55.6. The number of benzene rings is 2. The molecule has 0 unspecified atom stereocenters. The SMILES string of the molecule is CCOC(CCCNC(=O)Oc1ccc(C(=O)Nc2ccc(-c3nc(C(Cl)(Cl)Cl)nc(C(Cl)(Cl)Cl)n3)cc2)cc1)(OCC)OCC.COS(=O)(=O)[O-].C[N+](C)(C)CCNc1nc(C(Cl)(Cl)Cl)nc(C(Cl)(Cl)Cl)n1. The molecule has 0 aliphatic heterocycles. The third-order valence-electron chi connectivity index (χ3n) is 8.30. The van der Waals surface area contributed by atoms with Gasteiger partial charge in [0.15, 0.2) is 29.1 Å². The summed E-state index contributed by atoms with van der Waals surface area (Å²) in [6.45, 7) is 8.53. The molecule has 0 fully saturated rings. The summed E-state index contributed by atoms with van der Waals surface area (Å²) >= 11 is 70.3. The van der Waals surface area contributed by atoms with E-state index in [1.54, 1.807) is 24.3 Å². The van der Waals surface area contributed by atoms with Crippen LogP contribution < -0.4 is 20.7 Å². The molecule has 0 radical (unpaired) electrons. The van der Waals surface area contributed by atoms with Crippen molar-refractivity contribution in [3.05, 3.63) is 77.4 Å². The Morgan fingerprint density at radius 3 is 1.45 bits per heavy atom. The molecule has 0 saturated heterocycles. The fraction of sp³-hybridized carbons (Fsp3) is 0.500. The second-order valence-electron chi connectivity index (χ2n) is 15.1. The quantitative estimate of drug-likeness (QED) is 0.0197. The fourth-order valence-electron chi connectivity index (χ4n) is 5.19. The lowest BCUT2D eigenvalue weighted by Gasteiger charge is -2.32. The normalized spacial score (nSPS) is 12.4. The van der Waals surface area contributed by atoms with Crippen LogP contribution >= 0.6 is 139 Å². The van der Waals surface area contributed by atoms with Gasteiger partial charge in [-0.3, -0.25) is 8.98 Å². The average Bonchev–Trinajstić information content (AvgIpc) is 3.27. The number of nitrogens with zero attached hydrogens (tertiary/aromatic N) is 7. The molecular formula is C40H48Cl12N10O10S. The van der Waals surface area contributed by atoms with E-state index in [1.807, 2.05) is 20.8 Å². The minimum Gasteiger partial charge on any atom is -0.726 e. The van der Waals surface area contributed by atoms with Crippen LogP contribution in [0.15, 0.2) is 48.5 Å². The molecule has 0 saturated carbocycles. The minimum absolute atomic E-state index is 0.0878. The number of likely N-dealkylation sites (N-methyl/N-ethyl adjacent to an activating group) is 1. The molecule has 0 bridgehead atoms. The number of aromatic nitrogens is 6. The van der Waals surface area contributed by atoms with Gasteiger partial charge in [-0.1, -0.05) is 139 Å². The van der Waals surface area contributed by atoms with Gasteiger partial charge in [0, 0.05) is 49.6 Å². The van der Waals surface area contributed by atoms with E-state index in [2.05, 4.69) is 71.2 Å². The second-order valence-corrected chi connectivity index (χ2v) is 25.4. The van der Waals surface area contributed by atoms with Gasteiger partial charge in [-0.05, 0) is 75.7 Å². The standard InChI is InChI=1S/C29H31Cl6N5O6.C10H14Cl6N5.CH4O4S/c1-4-43-27(44-5-2,45-6-3)16-7-17-36-26(42)46-21-14-10-19(11-15-21)23(41)37-20-12-8-18(9-13-20)22-38-24(28(30,31)32)40-25(39-22)29(33,34)35;1-21(2,3)5-4-17-8-19-6(9(11,12)13)18-7(20-8)10(14,15)16;1-5-6(2,3)4/h8-15H,4-7,16-17H2,1-3H3,(H,36,42)(H,37,41);4-5H2,1-3H3,(H,17,18,19,20);1H3,(H,2,3,4)/q;+1;/p-1. The van der Waals surface area contributed by atoms with Gasteiger partial charge >= 0.3 is 6.09 Å². The topological polar surface area (TPSA) is 251 Å². The lowest BCUT2D eigenvalue weighted by Crippen LogP contribution is -2.40. The maximum Gasteiger partial charge on any atom is 0.412 e. The van der Waals surface area contributed by atoms with Crippen molar-refractivity contribution in [2.45, 2.75) is 54.8 Å². The molecule has 73 heavy (non-hydrogen) atoms. The molecule has 0 spiro atoms. The van der Waals surface area contributed by atoms with Gasteiger partial charge in [-0.2, -0.15) is 9.97 Å². The number of alkyl halides is 12. The minimum atomic E-state index is -4.41. The highest BCUT2D eigenvalue weighted by atomic mass is 35.6. The number of quaternary nitrogens is 1. The molecule has 4 aromatic rings. The molecule has 0 aliphatic rings. The Hall–Kier alpha value is -1.81.